The molecule has 1 saturated carbocycles. The van der Waals surface area contributed by atoms with Crippen molar-refractivity contribution in [3.8, 4) is 0 Å². The third-order valence-electron chi connectivity index (χ3n) is 3.33. The lowest BCUT2D eigenvalue weighted by Gasteiger charge is -2.14. The Morgan fingerprint density at radius 3 is 2.06 bits per heavy atom. The minimum Gasteiger partial charge on any atom is -0.389 e. The first-order valence-corrected chi connectivity index (χ1v) is 7.24. The Kier molecular flexibility index (Phi) is 2.59. The standard InChI is InChI=1S/C12H16O3S/c1-9(13)10-3-5-11(6-4-10)12(7-8-12)16(2,14)15/h3-6,9,13H,7-8H2,1-2H3. The topological polar surface area (TPSA) is 54.4 Å². The number of aliphatic hydroxyl groups is 1. The van der Waals surface area contributed by atoms with E-state index in [1.807, 2.05) is 12.1 Å². The van der Waals surface area contributed by atoms with Crippen LogP contribution in [-0.4, -0.2) is 19.8 Å². The quantitative estimate of drug-likeness (QED) is 0.876. The molecule has 0 aliphatic heterocycles. The Bertz CT molecular complexity index is 482. The summed E-state index contributed by atoms with van der Waals surface area (Å²) < 4.78 is 22.7. The van der Waals surface area contributed by atoms with E-state index in [1.54, 1.807) is 19.1 Å². The fourth-order valence-electron chi connectivity index (χ4n) is 2.05. The summed E-state index contributed by atoms with van der Waals surface area (Å²) in [5.74, 6) is 0. The molecule has 88 valence electrons. The van der Waals surface area contributed by atoms with Gasteiger partial charge in [-0.05, 0) is 30.9 Å². The van der Waals surface area contributed by atoms with E-state index >= 15 is 0 Å². The lowest BCUT2D eigenvalue weighted by atomic mass is 10.1. The van der Waals surface area contributed by atoms with Crippen LogP contribution in [0.3, 0.4) is 0 Å². The Labute approximate surface area is 96.0 Å². The van der Waals surface area contributed by atoms with Crippen molar-refractivity contribution in [2.45, 2.75) is 30.6 Å². The van der Waals surface area contributed by atoms with Crippen LogP contribution < -0.4 is 0 Å². The van der Waals surface area contributed by atoms with E-state index in [-0.39, 0.29) is 0 Å². The summed E-state index contributed by atoms with van der Waals surface area (Å²) in [6.45, 7) is 1.69. The maximum Gasteiger partial charge on any atom is 0.157 e. The molecule has 0 saturated heterocycles. The largest absolute Gasteiger partial charge is 0.389 e. The highest BCUT2D eigenvalue weighted by Gasteiger charge is 2.53. The summed E-state index contributed by atoms with van der Waals surface area (Å²) in [7, 11) is -3.04. The molecule has 1 aromatic carbocycles. The van der Waals surface area contributed by atoms with Crippen LogP contribution in [0.15, 0.2) is 24.3 Å². The fourth-order valence-corrected chi connectivity index (χ4v) is 3.46. The van der Waals surface area contributed by atoms with Gasteiger partial charge in [-0.1, -0.05) is 24.3 Å². The van der Waals surface area contributed by atoms with Gasteiger partial charge in [0.25, 0.3) is 0 Å². The van der Waals surface area contributed by atoms with Crippen LogP contribution in [0, 0.1) is 0 Å². The number of hydrogen-bond acceptors (Lipinski definition) is 3. The lowest BCUT2D eigenvalue weighted by molar-refractivity contribution is 0.199. The second kappa shape index (κ2) is 3.57. The molecule has 1 atom stereocenters. The number of benzene rings is 1. The van der Waals surface area contributed by atoms with E-state index in [0.717, 1.165) is 11.1 Å². The summed E-state index contributed by atoms with van der Waals surface area (Å²) in [5.41, 5.74) is 1.66. The van der Waals surface area contributed by atoms with Crippen molar-refractivity contribution in [2.24, 2.45) is 0 Å². The minimum absolute atomic E-state index is 0.512. The molecule has 0 aromatic heterocycles. The van der Waals surface area contributed by atoms with Crippen molar-refractivity contribution in [3.63, 3.8) is 0 Å². The molecular formula is C12H16O3S. The maximum absolute atomic E-state index is 11.7. The van der Waals surface area contributed by atoms with Crippen LogP contribution in [-0.2, 0) is 14.6 Å². The lowest BCUT2D eigenvalue weighted by Crippen LogP contribution is -2.19. The van der Waals surface area contributed by atoms with Crippen molar-refractivity contribution < 1.29 is 13.5 Å². The van der Waals surface area contributed by atoms with Crippen LogP contribution in [0.2, 0.25) is 0 Å². The van der Waals surface area contributed by atoms with Crippen LogP contribution in [0.5, 0.6) is 0 Å². The highest BCUT2D eigenvalue weighted by molar-refractivity contribution is 7.92. The number of sulfone groups is 1. The van der Waals surface area contributed by atoms with Gasteiger partial charge in [0.05, 0.1) is 10.9 Å². The highest BCUT2D eigenvalue weighted by Crippen LogP contribution is 2.52. The van der Waals surface area contributed by atoms with Crippen molar-refractivity contribution >= 4 is 9.84 Å². The molecule has 4 heteroatoms. The molecule has 16 heavy (non-hydrogen) atoms. The van der Waals surface area contributed by atoms with Crippen molar-refractivity contribution in [1.29, 1.82) is 0 Å². The van der Waals surface area contributed by atoms with Crippen LogP contribution in [0.25, 0.3) is 0 Å². The number of rotatable bonds is 3. The van der Waals surface area contributed by atoms with E-state index in [2.05, 4.69) is 0 Å². The summed E-state index contributed by atoms with van der Waals surface area (Å²) >= 11 is 0. The molecule has 2 rings (SSSR count). The first kappa shape index (κ1) is 11.6. The van der Waals surface area contributed by atoms with Crippen LogP contribution in [0.1, 0.15) is 37.0 Å². The third-order valence-corrected chi connectivity index (χ3v) is 5.40. The predicted molar refractivity (Wildman–Crippen MR) is 62.8 cm³/mol. The average molecular weight is 240 g/mol. The zero-order valence-corrected chi connectivity index (χ0v) is 10.3. The van der Waals surface area contributed by atoms with Crippen molar-refractivity contribution in [2.75, 3.05) is 6.26 Å². The Balaban J connectivity index is 2.37. The normalized spacial score (nSPS) is 20.4. The summed E-state index contributed by atoms with van der Waals surface area (Å²) in [5, 5.41) is 9.37. The zero-order chi connectivity index (χ0) is 12.0. The molecule has 1 unspecified atom stereocenters. The van der Waals surface area contributed by atoms with E-state index in [4.69, 9.17) is 0 Å². The second-order valence-corrected chi connectivity index (χ2v) is 6.89. The Hall–Kier alpha value is -0.870. The molecule has 0 spiro atoms. The number of hydrogen-bond donors (Lipinski definition) is 1. The van der Waals surface area contributed by atoms with E-state index < -0.39 is 20.7 Å². The average Bonchev–Trinajstić information content (AvgIpc) is 2.97. The van der Waals surface area contributed by atoms with E-state index in [0.29, 0.717) is 12.8 Å². The van der Waals surface area contributed by atoms with Gasteiger partial charge in [0.2, 0.25) is 0 Å². The molecule has 1 aromatic rings. The van der Waals surface area contributed by atoms with Gasteiger partial charge in [0, 0.05) is 6.26 Å². The van der Waals surface area contributed by atoms with E-state index in [9.17, 15) is 13.5 Å². The number of aliphatic hydroxyl groups excluding tert-OH is 1. The van der Waals surface area contributed by atoms with Gasteiger partial charge in [0.15, 0.2) is 9.84 Å². The molecule has 1 fully saturated rings. The predicted octanol–water partition coefficient (Wildman–Crippen LogP) is 1.77. The fraction of sp³-hybridized carbons (Fsp3) is 0.500. The molecule has 0 amide bonds. The first-order valence-electron chi connectivity index (χ1n) is 5.35. The maximum atomic E-state index is 11.7. The van der Waals surface area contributed by atoms with Crippen LogP contribution in [0.4, 0.5) is 0 Å². The molecular weight excluding hydrogens is 224 g/mol. The van der Waals surface area contributed by atoms with Gasteiger partial charge >= 0.3 is 0 Å². The molecule has 0 radical (unpaired) electrons. The van der Waals surface area contributed by atoms with Gasteiger partial charge in [0.1, 0.15) is 0 Å². The summed E-state index contributed by atoms with van der Waals surface area (Å²) in [4.78, 5) is 0. The summed E-state index contributed by atoms with van der Waals surface area (Å²) in [6, 6.07) is 7.22. The molecule has 0 heterocycles. The highest BCUT2D eigenvalue weighted by atomic mass is 32.2. The third kappa shape index (κ3) is 1.76. The Morgan fingerprint density at radius 2 is 1.75 bits per heavy atom. The van der Waals surface area contributed by atoms with Crippen LogP contribution >= 0.6 is 0 Å². The van der Waals surface area contributed by atoms with Gasteiger partial charge in [-0.2, -0.15) is 0 Å². The zero-order valence-electron chi connectivity index (χ0n) is 9.47. The molecule has 3 nitrogen and oxygen atoms in total. The SMILES string of the molecule is CC(O)c1ccc(C2(S(C)(=O)=O)CC2)cc1. The molecule has 0 bridgehead atoms. The molecule has 1 N–H and O–H groups in total. The monoisotopic (exact) mass is 240 g/mol. The van der Waals surface area contributed by atoms with Crippen molar-refractivity contribution in [3.05, 3.63) is 35.4 Å². The minimum atomic E-state index is -3.04. The van der Waals surface area contributed by atoms with E-state index in [1.165, 1.54) is 6.26 Å². The van der Waals surface area contributed by atoms with Gasteiger partial charge in [-0.3, -0.25) is 0 Å². The first-order chi connectivity index (χ1) is 7.37. The van der Waals surface area contributed by atoms with Gasteiger partial charge < -0.3 is 5.11 Å². The molecule has 1 aliphatic rings. The van der Waals surface area contributed by atoms with Crippen molar-refractivity contribution in [1.82, 2.24) is 0 Å². The second-order valence-electron chi connectivity index (χ2n) is 4.56. The Morgan fingerprint density at radius 1 is 1.25 bits per heavy atom. The van der Waals surface area contributed by atoms with Gasteiger partial charge in [-0.25, -0.2) is 8.42 Å². The molecule has 1 aliphatic carbocycles. The summed E-state index contributed by atoms with van der Waals surface area (Å²) in [6.07, 6.45) is 2.20. The van der Waals surface area contributed by atoms with Gasteiger partial charge in [-0.15, -0.1) is 0 Å². The smallest absolute Gasteiger partial charge is 0.157 e.